The molecule has 2 N–H and O–H groups in total. The van der Waals surface area contributed by atoms with Gasteiger partial charge in [-0.1, -0.05) is 60.3 Å². The van der Waals surface area contributed by atoms with Crippen molar-refractivity contribution in [2.75, 3.05) is 5.75 Å². The molecular formula is C26H31N5O6S. The van der Waals surface area contributed by atoms with Crippen molar-refractivity contribution in [1.82, 2.24) is 25.5 Å². The van der Waals surface area contributed by atoms with Gasteiger partial charge in [0.2, 0.25) is 5.16 Å². The molecule has 0 bridgehead atoms. The number of carbonyl (C=O) groups excluding carboxylic acids is 2. The quantitative estimate of drug-likeness (QED) is 0.291. The number of ether oxygens (including phenoxy) is 3. The van der Waals surface area contributed by atoms with Crippen molar-refractivity contribution in [3.05, 3.63) is 70.8 Å². The number of aliphatic hydroxyl groups excluding tert-OH is 1. The molecule has 0 spiro atoms. The Labute approximate surface area is 224 Å². The number of thioether (sulfide) groups is 1. The van der Waals surface area contributed by atoms with Gasteiger partial charge in [-0.25, -0.2) is 4.68 Å². The maximum absolute atomic E-state index is 12.1. The molecule has 1 aromatic heterocycles. The Morgan fingerprint density at radius 1 is 1.13 bits per heavy atom. The molecule has 1 aliphatic rings. The van der Waals surface area contributed by atoms with E-state index in [1.807, 2.05) is 48.5 Å². The van der Waals surface area contributed by atoms with E-state index in [2.05, 4.69) is 20.8 Å². The molecule has 1 amide bonds. The third-order valence-corrected chi connectivity index (χ3v) is 7.17. The van der Waals surface area contributed by atoms with E-state index in [4.69, 9.17) is 14.2 Å². The molecule has 0 saturated carbocycles. The van der Waals surface area contributed by atoms with Crippen LogP contribution in [0.4, 0.5) is 0 Å². The summed E-state index contributed by atoms with van der Waals surface area (Å²) >= 11 is 1.52. The number of tetrazole rings is 1. The lowest BCUT2D eigenvalue weighted by Crippen LogP contribution is -2.35. The molecule has 0 radical (unpaired) electrons. The Balaban J connectivity index is 1.44. The maximum atomic E-state index is 12.1. The molecule has 1 unspecified atom stereocenters. The van der Waals surface area contributed by atoms with Gasteiger partial charge in [-0.05, 0) is 34.0 Å². The van der Waals surface area contributed by atoms with Gasteiger partial charge >= 0.3 is 5.97 Å². The van der Waals surface area contributed by atoms with Crippen LogP contribution in [0, 0.1) is 0 Å². The molecule has 1 fully saturated rings. The smallest absolute Gasteiger partial charge is 0.303 e. The van der Waals surface area contributed by atoms with Crippen LogP contribution in [-0.2, 0) is 44.0 Å². The zero-order valence-corrected chi connectivity index (χ0v) is 22.3. The fraction of sp³-hybridized carbons (Fsp3) is 0.423. The Morgan fingerprint density at radius 2 is 1.82 bits per heavy atom. The first-order chi connectivity index (χ1) is 18.3. The number of carbonyl (C=O) groups is 2. The third kappa shape index (κ3) is 7.38. The van der Waals surface area contributed by atoms with Crippen molar-refractivity contribution in [2.24, 2.45) is 7.05 Å². The van der Waals surface area contributed by atoms with Crippen molar-refractivity contribution in [3.63, 3.8) is 0 Å². The molecule has 202 valence electrons. The minimum Gasteiger partial charge on any atom is -0.453 e. The van der Waals surface area contributed by atoms with Crippen LogP contribution in [0.5, 0.6) is 0 Å². The lowest BCUT2D eigenvalue weighted by atomic mass is 10.0. The number of aryl methyl sites for hydroxylation is 1. The molecular weight excluding hydrogens is 510 g/mol. The van der Waals surface area contributed by atoms with E-state index in [1.54, 1.807) is 11.7 Å². The van der Waals surface area contributed by atoms with Crippen LogP contribution in [0.3, 0.4) is 0 Å². The molecule has 4 rings (SSSR count). The van der Waals surface area contributed by atoms with Crippen LogP contribution in [0.1, 0.15) is 54.9 Å². The average Bonchev–Trinajstić information content (AvgIpc) is 3.34. The van der Waals surface area contributed by atoms with E-state index in [9.17, 15) is 14.7 Å². The fourth-order valence-electron chi connectivity index (χ4n) is 3.96. The summed E-state index contributed by atoms with van der Waals surface area (Å²) in [6.45, 7) is 3.07. The zero-order chi connectivity index (χ0) is 27.1. The van der Waals surface area contributed by atoms with E-state index in [-0.39, 0.29) is 24.7 Å². The van der Waals surface area contributed by atoms with Crippen molar-refractivity contribution in [1.29, 1.82) is 0 Å². The van der Waals surface area contributed by atoms with Crippen LogP contribution in [0.25, 0.3) is 0 Å². The number of rotatable bonds is 10. The second-order valence-corrected chi connectivity index (χ2v) is 9.94. The van der Waals surface area contributed by atoms with Gasteiger partial charge in [0.25, 0.3) is 5.91 Å². The zero-order valence-electron chi connectivity index (χ0n) is 21.4. The highest BCUT2D eigenvalue weighted by atomic mass is 32.2. The van der Waals surface area contributed by atoms with Gasteiger partial charge in [0.05, 0.1) is 18.8 Å². The van der Waals surface area contributed by atoms with Crippen molar-refractivity contribution < 1.29 is 28.9 Å². The molecule has 1 saturated heterocycles. The monoisotopic (exact) mass is 541 g/mol. The molecule has 2 aromatic carbocycles. The summed E-state index contributed by atoms with van der Waals surface area (Å²) in [5.41, 5.74) is 3.57. The molecule has 11 nitrogen and oxygen atoms in total. The number of hydrogen-bond donors (Lipinski definition) is 2. The molecule has 12 heteroatoms. The standard InChI is InChI=1S/C26H31N5O6S/c1-16(35-17(2)33)24(34)27-13-18-4-10-21(11-5-18)25-36-22(15-38-26-28-29-30-31(26)3)12-23(37-25)20-8-6-19(14-32)7-9-20/h4-11,16,22-23,25,32H,12-15H2,1-3H3,(H,27,34)/t16-,22-,23+,25?/m0/s1. The van der Waals surface area contributed by atoms with E-state index in [0.29, 0.717) is 23.9 Å². The SMILES string of the molecule is CC(=O)O[C@@H](C)C(=O)NCc1ccc(C2O[C@H](CSc3nnnn3C)C[C@H](c3ccc(CO)cc3)O2)cc1. The lowest BCUT2D eigenvalue weighted by molar-refractivity contribution is -0.245. The van der Waals surface area contributed by atoms with Gasteiger partial charge in [-0.15, -0.1) is 5.10 Å². The van der Waals surface area contributed by atoms with E-state index >= 15 is 0 Å². The van der Waals surface area contributed by atoms with Crippen LogP contribution in [0.15, 0.2) is 53.7 Å². The van der Waals surface area contributed by atoms with Crippen molar-refractivity contribution >= 4 is 23.6 Å². The van der Waals surface area contributed by atoms with Crippen molar-refractivity contribution in [2.45, 2.75) is 63.2 Å². The maximum Gasteiger partial charge on any atom is 0.303 e. The Bertz CT molecular complexity index is 1220. The van der Waals surface area contributed by atoms with Gasteiger partial charge in [0.1, 0.15) is 0 Å². The number of aromatic nitrogens is 4. The first kappa shape index (κ1) is 27.7. The topological polar surface area (TPSA) is 138 Å². The number of nitrogens with one attached hydrogen (secondary N) is 1. The molecule has 3 aromatic rings. The van der Waals surface area contributed by atoms with Crippen LogP contribution in [0.2, 0.25) is 0 Å². The highest BCUT2D eigenvalue weighted by Crippen LogP contribution is 2.39. The van der Waals surface area contributed by atoms with Crippen molar-refractivity contribution in [3.8, 4) is 0 Å². The Hall–Kier alpha value is -3.32. The molecule has 1 aliphatic heterocycles. The second-order valence-electron chi connectivity index (χ2n) is 8.96. The van der Waals surface area contributed by atoms with Gasteiger partial charge in [-0.2, -0.15) is 0 Å². The van der Waals surface area contributed by atoms with E-state index in [0.717, 1.165) is 22.3 Å². The average molecular weight is 542 g/mol. The highest BCUT2D eigenvalue weighted by molar-refractivity contribution is 7.99. The molecule has 2 heterocycles. The summed E-state index contributed by atoms with van der Waals surface area (Å²) < 4.78 is 19.2. The first-order valence-electron chi connectivity index (χ1n) is 12.2. The van der Waals surface area contributed by atoms with Gasteiger partial charge in [0, 0.05) is 38.3 Å². The molecule has 0 aliphatic carbocycles. The van der Waals surface area contributed by atoms with Gasteiger partial charge in [0.15, 0.2) is 12.4 Å². The molecule has 38 heavy (non-hydrogen) atoms. The van der Waals surface area contributed by atoms with Gasteiger partial charge < -0.3 is 24.6 Å². The summed E-state index contributed by atoms with van der Waals surface area (Å²) in [4.78, 5) is 23.2. The van der Waals surface area contributed by atoms with Crippen LogP contribution < -0.4 is 5.32 Å². The van der Waals surface area contributed by atoms with E-state index < -0.39 is 18.4 Å². The highest BCUT2D eigenvalue weighted by Gasteiger charge is 2.32. The Morgan fingerprint density at radius 3 is 2.45 bits per heavy atom. The second kappa shape index (κ2) is 13.0. The number of benzene rings is 2. The molecule has 4 atom stereocenters. The Kier molecular flexibility index (Phi) is 9.45. The predicted molar refractivity (Wildman–Crippen MR) is 137 cm³/mol. The number of hydrogen-bond acceptors (Lipinski definition) is 10. The minimum absolute atomic E-state index is 0.0159. The van der Waals surface area contributed by atoms with E-state index in [1.165, 1.54) is 25.6 Å². The summed E-state index contributed by atoms with van der Waals surface area (Å²) in [5, 5.41) is 24.5. The van der Waals surface area contributed by atoms with Gasteiger partial charge in [-0.3, -0.25) is 9.59 Å². The number of nitrogens with zero attached hydrogens (tertiary/aromatic N) is 4. The van der Waals surface area contributed by atoms with Crippen LogP contribution >= 0.6 is 11.8 Å². The minimum atomic E-state index is -0.855. The number of esters is 1. The number of aliphatic hydroxyl groups is 1. The summed E-state index contributed by atoms with van der Waals surface area (Å²) in [5.74, 6) is -0.224. The lowest BCUT2D eigenvalue weighted by Gasteiger charge is -2.36. The largest absolute Gasteiger partial charge is 0.453 e. The summed E-state index contributed by atoms with van der Waals surface area (Å²) in [6, 6.07) is 15.3. The normalized spacial score (nSPS) is 20.1. The third-order valence-electron chi connectivity index (χ3n) is 6.03. The summed E-state index contributed by atoms with van der Waals surface area (Å²) in [6.07, 6.45) is -1.13. The number of amides is 1. The fourth-order valence-corrected chi connectivity index (χ4v) is 4.83. The first-order valence-corrected chi connectivity index (χ1v) is 13.2. The summed E-state index contributed by atoms with van der Waals surface area (Å²) in [7, 11) is 1.79. The predicted octanol–water partition coefficient (Wildman–Crippen LogP) is 2.61. The van der Waals surface area contributed by atoms with Crippen LogP contribution in [-0.4, -0.2) is 55.2 Å².